The van der Waals surface area contributed by atoms with Gasteiger partial charge >= 0.3 is 0 Å². The van der Waals surface area contributed by atoms with Gasteiger partial charge in [0.05, 0.1) is 19.3 Å². The highest BCUT2D eigenvalue weighted by atomic mass is 16.7. The molecule has 0 spiro atoms. The van der Waals surface area contributed by atoms with Crippen molar-refractivity contribution in [3.8, 4) is 0 Å². The molecular weight excluding hydrogens is 154 g/mol. The van der Waals surface area contributed by atoms with Crippen LogP contribution in [0.1, 0.15) is 32.1 Å². The van der Waals surface area contributed by atoms with Gasteiger partial charge in [-0.1, -0.05) is 19.3 Å². The van der Waals surface area contributed by atoms with E-state index in [9.17, 15) is 5.11 Å². The zero-order valence-electron chi connectivity index (χ0n) is 7.41. The average molecular weight is 171 g/mol. The predicted octanol–water partition coefficient (Wildman–Crippen LogP) is 0.927. The lowest BCUT2D eigenvalue weighted by molar-refractivity contribution is -0.148. The first kappa shape index (κ1) is 8.48. The molecule has 0 amide bonds. The maximum Gasteiger partial charge on any atom is 0.0958 e. The molecule has 1 heterocycles. The van der Waals surface area contributed by atoms with Crippen LogP contribution in [0.2, 0.25) is 0 Å². The number of aliphatic hydroxyl groups excluding tert-OH is 1. The van der Waals surface area contributed by atoms with E-state index in [1.807, 2.05) is 5.06 Å². The third kappa shape index (κ3) is 1.79. The molecule has 1 unspecified atom stereocenters. The van der Waals surface area contributed by atoms with Crippen molar-refractivity contribution in [3.05, 3.63) is 0 Å². The van der Waals surface area contributed by atoms with Crippen molar-refractivity contribution in [1.82, 2.24) is 5.06 Å². The van der Waals surface area contributed by atoms with Gasteiger partial charge in [0.25, 0.3) is 0 Å². The summed E-state index contributed by atoms with van der Waals surface area (Å²) < 4.78 is 0. The van der Waals surface area contributed by atoms with Gasteiger partial charge in [-0.05, 0) is 12.8 Å². The second kappa shape index (κ2) is 3.73. The van der Waals surface area contributed by atoms with Gasteiger partial charge in [-0.3, -0.25) is 4.84 Å². The summed E-state index contributed by atoms with van der Waals surface area (Å²) in [6.45, 7) is 1.21. The van der Waals surface area contributed by atoms with Crippen LogP contribution >= 0.6 is 0 Å². The molecule has 2 aliphatic rings. The first-order valence-electron chi connectivity index (χ1n) is 4.94. The molecule has 1 saturated carbocycles. The Morgan fingerprint density at radius 1 is 1.17 bits per heavy atom. The molecule has 1 aliphatic carbocycles. The van der Waals surface area contributed by atoms with Crippen LogP contribution in [0.25, 0.3) is 0 Å². The van der Waals surface area contributed by atoms with Crippen molar-refractivity contribution in [3.63, 3.8) is 0 Å². The Balaban J connectivity index is 1.83. The molecule has 0 radical (unpaired) electrons. The normalized spacial score (nSPS) is 34.2. The minimum absolute atomic E-state index is 0.257. The Morgan fingerprint density at radius 2 is 1.92 bits per heavy atom. The summed E-state index contributed by atoms with van der Waals surface area (Å²) in [5.74, 6) is 0. The van der Waals surface area contributed by atoms with Crippen molar-refractivity contribution in [2.24, 2.45) is 0 Å². The molecule has 1 N–H and O–H groups in total. The Bertz CT molecular complexity index is 143. The minimum atomic E-state index is -0.257. The molecule has 3 heteroatoms. The van der Waals surface area contributed by atoms with Crippen LogP contribution < -0.4 is 0 Å². The smallest absolute Gasteiger partial charge is 0.0958 e. The lowest BCUT2D eigenvalue weighted by atomic mass is 9.95. The summed E-state index contributed by atoms with van der Waals surface area (Å²) in [6.07, 6.45) is 6.24. The molecule has 3 nitrogen and oxygen atoms in total. The van der Waals surface area contributed by atoms with Gasteiger partial charge in [-0.25, -0.2) is 0 Å². The number of hydrogen-bond donors (Lipinski definition) is 1. The molecule has 1 aliphatic heterocycles. The largest absolute Gasteiger partial charge is 0.389 e. The van der Waals surface area contributed by atoms with Crippen molar-refractivity contribution < 1.29 is 9.94 Å². The molecule has 0 bridgehead atoms. The van der Waals surface area contributed by atoms with Gasteiger partial charge < -0.3 is 5.11 Å². The SMILES string of the molecule is OC1CON(C2CCCCC2)C1. The van der Waals surface area contributed by atoms with Crippen LogP contribution in [0.5, 0.6) is 0 Å². The molecule has 0 aromatic heterocycles. The highest BCUT2D eigenvalue weighted by Crippen LogP contribution is 2.24. The maximum absolute atomic E-state index is 9.26. The number of nitrogens with zero attached hydrogens (tertiary/aromatic N) is 1. The van der Waals surface area contributed by atoms with Crippen LogP contribution in [-0.4, -0.2) is 35.5 Å². The van der Waals surface area contributed by atoms with E-state index in [-0.39, 0.29) is 6.10 Å². The molecule has 0 aromatic carbocycles. The molecule has 2 fully saturated rings. The fourth-order valence-electron chi connectivity index (χ4n) is 2.12. The standard InChI is InChI=1S/C9H17NO2/c11-9-6-10(12-7-9)8-4-2-1-3-5-8/h8-9,11H,1-7H2. The summed E-state index contributed by atoms with van der Waals surface area (Å²) in [4.78, 5) is 5.39. The highest BCUT2D eigenvalue weighted by molar-refractivity contribution is 4.76. The van der Waals surface area contributed by atoms with E-state index in [0.717, 1.165) is 0 Å². The zero-order chi connectivity index (χ0) is 8.39. The van der Waals surface area contributed by atoms with Gasteiger partial charge in [0.1, 0.15) is 0 Å². The van der Waals surface area contributed by atoms with Crippen LogP contribution in [-0.2, 0) is 4.84 Å². The van der Waals surface area contributed by atoms with E-state index in [1.54, 1.807) is 0 Å². The Kier molecular flexibility index (Phi) is 2.63. The van der Waals surface area contributed by atoms with Crippen LogP contribution in [0.15, 0.2) is 0 Å². The number of hydroxylamine groups is 2. The molecule has 0 aromatic rings. The third-order valence-electron chi connectivity index (χ3n) is 2.81. The van der Waals surface area contributed by atoms with Gasteiger partial charge in [0.15, 0.2) is 0 Å². The second-order valence-electron chi connectivity index (χ2n) is 3.84. The number of hydrogen-bond acceptors (Lipinski definition) is 3. The minimum Gasteiger partial charge on any atom is -0.389 e. The summed E-state index contributed by atoms with van der Waals surface area (Å²) in [5, 5.41) is 11.3. The van der Waals surface area contributed by atoms with Crippen molar-refractivity contribution in [1.29, 1.82) is 0 Å². The van der Waals surface area contributed by atoms with E-state index in [0.29, 0.717) is 19.2 Å². The Labute approximate surface area is 73.3 Å². The van der Waals surface area contributed by atoms with E-state index < -0.39 is 0 Å². The maximum atomic E-state index is 9.26. The van der Waals surface area contributed by atoms with E-state index in [1.165, 1.54) is 32.1 Å². The van der Waals surface area contributed by atoms with Crippen LogP contribution in [0.4, 0.5) is 0 Å². The zero-order valence-corrected chi connectivity index (χ0v) is 7.41. The number of aliphatic hydroxyl groups is 1. The van der Waals surface area contributed by atoms with Crippen LogP contribution in [0, 0.1) is 0 Å². The van der Waals surface area contributed by atoms with E-state index >= 15 is 0 Å². The topological polar surface area (TPSA) is 32.7 Å². The molecule has 1 atom stereocenters. The molecule has 70 valence electrons. The fraction of sp³-hybridized carbons (Fsp3) is 1.00. The van der Waals surface area contributed by atoms with Crippen molar-refractivity contribution in [2.45, 2.75) is 44.2 Å². The summed E-state index contributed by atoms with van der Waals surface area (Å²) >= 11 is 0. The highest BCUT2D eigenvalue weighted by Gasteiger charge is 2.28. The van der Waals surface area contributed by atoms with Crippen molar-refractivity contribution in [2.75, 3.05) is 13.2 Å². The summed E-state index contributed by atoms with van der Waals surface area (Å²) in [5.41, 5.74) is 0. The number of rotatable bonds is 1. The molecule has 12 heavy (non-hydrogen) atoms. The lowest BCUT2D eigenvalue weighted by Gasteiger charge is -2.28. The second-order valence-corrected chi connectivity index (χ2v) is 3.84. The molecular formula is C9H17NO2. The van der Waals surface area contributed by atoms with Gasteiger partial charge in [-0.2, -0.15) is 5.06 Å². The van der Waals surface area contributed by atoms with E-state index in [2.05, 4.69) is 0 Å². The third-order valence-corrected chi connectivity index (χ3v) is 2.81. The monoisotopic (exact) mass is 171 g/mol. The molecule has 2 rings (SSSR count). The fourth-order valence-corrected chi connectivity index (χ4v) is 2.12. The van der Waals surface area contributed by atoms with Gasteiger partial charge in [-0.15, -0.1) is 0 Å². The Hall–Kier alpha value is -0.120. The van der Waals surface area contributed by atoms with Gasteiger partial charge in [0, 0.05) is 6.04 Å². The Morgan fingerprint density at radius 3 is 2.50 bits per heavy atom. The number of β-amino-alcohol motifs (C(OH)–C–C–N with tert-alkyl or cyclic N) is 1. The average Bonchev–Trinajstić information content (AvgIpc) is 2.54. The van der Waals surface area contributed by atoms with Gasteiger partial charge in [0.2, 0.25) is 0 Å². The summed E-state index contributed by atoms with van der Waals surface area (Å²) in [7, 11) is 0. The van der Waals surface area contributed by atoms with Crippen LogP contribution in [0.3, 0.4) is 0 Å². The first-order chi connectivity index (χ1) is 5.86. The lowest BCUT2D eigenvalue weighted by Crippen LogP contribution is -2.34. The first-order valence-corrected chi connectivity index (χ1v) is 4.94. The predicted molar refractivity (Wildman–Crippen MR) is 45.5 cm³/mol. The van der Waals surface area contributed by atoms with Crippen molar-refractivity contribution >= 4 is 0 Å². The molecule has 1 saturated heterocycles. The summed E-state index contributed by atoms with van der Waals surface area (Å²) in [6, 6.07) is 0.580. The van der Waals surface area contributed by atoms with E-state index in [4.69, 9.17) is 4.84 Å². The quantitative estimate of drug-likeness (QED) is 0.637.